The number of esters is 1. The predicted molar refractivity (Wildman–Crippen MR) is 90.4 cm³/mol. The number of hydrogen-bond donors (Lipinski definition) is 0. The van der Waals surface area contributed by atoms with E-state index in [-0.39, 0.29) is 37.4 Å². The third-order valence-electron chi connectivity index (χ3n) is 3.93. The van der Waals surface area contributed by atoms with Crippen LogP contribution in [0.5, 0.6) is 5.75 Å². The molecule has 1 saturated heterocycles. The molecule has 142 valence electrons. The van der Waals surface area contributed by atoms with Gasteiger partial charge < -0.3 is 14.4 Å². The van der Waals surface area contributed by atoms with Crippen LogP contribution in [0, 0.1) is 0 Å². The van der Waals surface area contributed by atoms with E-state index in [0.29, 0.717) is 5.75 Å². The molecule has 0 saturated carbocycles. The molecule has 1 aliphatic rings. The monoisotopic (exact) mass is 379 g/mol. The summed E-state index contributed by atoms with van der Waals surface area (Å²) in [6.07, 6.45) is -4.96. The van der Waals surface area contributed by atoms with Gasteiger partial charge in [-0.3, -0.25) is 9.59 Å². The van der Waals surface area contributed by atoms with Crippen molar-refractivity contribution in [3.63, 3.8) is 0 Å². The van der Waals surface area contributed by atoms with Crippen molar-refractivity contribution in [1.82, 2.24) is 0 Å². The molecule has 1 amide bonds. The van der Waals surface area contributed by atoms with E-state index in [2.05, 4.69) is 0 Å². The minimum Gasteiger partial charge on any atom is -0.426 e. The highest BCUT2D eigenvalue weighted by Crippen LogP contribution is 2.33. The van der Waals surface area contributed by atoms with Crippen LogP contribution in [0.1, 0.15) is 11.1 Å². The first-order chi connectivity index (χ1) is 12.8. The zero-order valence-electron chi connectivity index (χ0n) is 14.2. The number of amides is 1. The lowest BCUT2D eigenvalue weighted by Gasteiger charge is -2.28. The number of carbonyl (C=O) groups excluding carboxylic acids is 2. The van der Waals surface area contributed by atoms with Gasteiger partial charge in [-0.2, -0.15) is 13.2 Å². The second-order valence-corrected chi connectivity index (χ2v) is 5.95. The highest BCUT2D eigenvalue weighted by atomic mass is 19.4. The van der Waals surface area contributed by atoms with Crippen molar-refractivity contribution in [2.45, 2.75) is 12.6 Å². The fourth-order valence-electron chi connectivity index (χ4n) is 2.71. The highest BCUT2D eigenvalue weighted by Gasteiger charge is 2.33. The molecule has 0 spiro atoms. The molecule has 0 N–H and O–H groups in total. The number of anilines is 1. The molecule has 5 nitrogen and oxygen atoms in total. The van der Waals surface area contributed by atoms with Crippen LogP contribution in [0.3, 0.4) is 0 Å². The first kappa shape index (κ1) is 18.9. The summed E-state index contributed by atoms with van der Waals surface area (Å²) in [5.41, 5.74) is -0.734. The summed E-state index contributed by atoms with van der Waals surface area (Å²) in [6.45, 7) is 0.184. The number of nitrogens with zero attached hydrogens (tertiary/aromatic N) is 1. The van der Waals surface area contributed by atoms with Gasteiger partial charge in [-0.1, -0.05) is 18.2 Å². The molecule has 0 unspecified atom stereocenters. The molecule has 0 aromatic heterocycles. The molecule has 1 fully saturated rings. The van der Waals surface area contributed by atoms with Crippen molar-refractivity contribution in [2.24, 2.45) is 0 Å². The van der Waals surface area contributed by atoms with Crippen LogP contribution in [0.15, 0.2) is 48.5 Å². The maximum absolute atomic E-state index is 13.3. The summed E-state index contributed by atoms with van der Waals surface area (Å²) in [7, 11) is 0. The minimum atomic E-state index is -4.61. The van der Waals surface area contributed by atoms with Gasteiger partial charge in [0, 0.05) is 12.2 Å². The van der Waals surface area contributed by atoms with Gasteiger partial charge in [0.05, 0.1) is 18.6 Å². The van der Waals surface area contributed by atoms with Crippen molar-refractivity contribution in [2.75, 3.05) is 24.7 Å². The number of hydrogen-bond acceptors (Lipinski definition) is 4. The zero-order valence-corrected chi connectivity index (χ0v) is 14.2. The molecule has 1 heterocycles. The fraction of sp³-hybridized carbons (Fsp3) is 0.263. The Kier molecular flexibility index (Phi) is 5.46. The summed E-state index contributed by atoms with van der Waals surface area (Å²) < 4.78 is 49.9. The lowest BCUT2D eigenvalue weighted by atomic mass is 10.1. The van der Waals surface area contributed by atoms with Gasteiger partial charge in [0.15, 0.2) is 0 Å². The number of ether oxygens (including phenoxy) is 2. The second kappa shape index (κ2) is 7.79. The largest absolute Gasteiger partial charge is 0.426 e. The van der Waals surface area contributed by atoms with Gasteiger partial charge >= 0.3 is 12.1 Å². The van der Waals surface area contributed by atoms with E-state index in [4.69, 9.17) is 9.47 Å². The number of alkyl halides is 3. The van der Waals surface area contributed by atoms with E-state index in [1.807, 2.05) is 0 Å². The van der Waals surface area contributed by atoms with Gasteiger partial charge in [-0.15, -0.1) is 0 Å². The van der Waals surface area contributed by atoms with E-state index in [1.54, 1.807) is 30.3 Å². The highest BCUT2D eigenvalue weighted by molar-refractivity contribution is 5.95. The molecule has 3 rings (SSSR count). The molecule has 0 radical (unpaired) electrons. The molecule has 0 atom stereocenters. The van der Waals surface area contributed by atoms with Gasteiger partial charge in [0.25, 0.3) is 5.91 Å². The second-order valence-electron chi connectivity index (χ2n) is 5.95. The van der Waals surface area contributed by atoms with Crippen molar-refractivity contribution >= 4 is 17.6 Å². The lowest BCUT2D eigenvalue weighted by Crippen LogP contribution is -2.41. The molecule has 27 heavy (non-hydrogen) atoms. The Labute approximate surface area is 153 Å². The van der Waals surface area contributed by atoms with Gasteiger partial charge in [0.1, 0.15) is 12.4 Å². The van der Waals surface area contributed by atoms with Crippen molar-refractivity contribution in [3.05, 3.63) is 59.7 Å². The maximum atomic E-state index is 13.3. The molecule has 0 bridgehead atoms. The summed E-state index contributed by atoms with van der Waals surface area (Å²) in [6, 6.07) is 11.4. The first-order valence-corrected chi connectivity index (χ1v) is 8.18. The van der Waals surface area contributed by atoms with Crippen molar-refractivity contribution in [3.8, 4) is 5.75 Å². The van der Waals surface area contributed by atoms with Crippen LogP contribution in [-0.2, 0) is 26.9 Å². The number of halogens is 3. The van der Waals surface area contributed by atoms with Gasteiger partial charge in [-0.25, -0.2) is 0 Å². The number of morpholine rings is 1. The predicted octanol–water partition coefficient (Wildman–Crippen LogP) is 3.22. The van der Waals surface area contributed by atoms with E-state index in [0.717, 1.165) is 12.1 Å². The Balaban J connectivity index is 1.86. The molecule has 2 aromatic carbocycles. The Morgan fingerprint density at radius 3 is 2.56 bits per heavy atom. The van der Waals surface area contributed by atoms with E-state index in [1.165, 1.54) is 11.0 Å². The van der Waals surface area contributed by atoms with Crippen LogP contribution >= 0.6 is 0 Å². The van der Waals surface area contributed by atoms with Gasteiger partial charge in [0.2, 0.25) is 0 Å². The number of rotatable bonds is 4. The third-order valence-corrected chi connectivity index (χ3v) is 3.93. The Bertz CT molecular complexity index is 837. The SMILES string of the molecule is O=C(Cc1cc(N2CCOCC2=O)cc(C(F)(F)F)c1)Oc1ccccc1. The van der Waals surface area contributed by atoms with Crippen LogP contribution < -0.4 is 9.64 Å². The zero-order chi connectivity index (χ0) is 19.4. The smallest absolute Gasteiger partial charge is 0.416 e. The Morgan fingerprint density at radius 1 is 1.15 bits per heavy atom. The van der Waals surface area contributed by atoms with Gasteiger partial charge in [-0.05, 0) is 35.9 Å². The minimum absolute atomic E-state index is 0.0839. The quantitative estimate of drug-likeness (QED) is 0.605. The van der Waals surface area contributed by atoms with Crippen LogP contribution in [0.25, 0.3) is 0 Å². The normalized spacial score (nSPS) is 14.9. The fourth-order valence-corrected chi connectivity index (χ4v) is 2.71. The molecule has 8 heteroatoms. The maximum Gasteiger partial charge on any atom is 0.416 e. The Hall–Kier alpha value is -2.87. The van der Waals surface area contributed by atoms with Crippen molar-refractivity contribution < 1.29 is 32.2 Å². The Morgan fingerprint density at radius 2 is 1.89 bits per heavy atom. The standard InChI is InChI=1S/C19H16F3NO4/c20-19(21,22)14-8-13(10-18(25)27-16-4-2-1-3-5-16)9-15(11-14)23-6-7-26-12-17(23)24/h1-5,8-9,11H,6-7,10,12H2. The number of carbonyl (C=O) groups is 2. The van der Waals surface area contributed by atoms with Crippen LogP contribution in [-0.4, -0.2) is 31.6 Å². The molecule has 1 aliphatic heterocycles. The van der Waals surface area contributed by atoms with E-state index in [9.17, 15) is 22.8 Å². The first-order valence-electron chi connectivity index (χ1n) is 8.18. The van der Waals surface area contributed by atoms with Crippen LogP contribution in [0.4, 0.5) is 18.9 Å². The molecule has 0 aliphatic carbocycles. The summed E-state index contributed by atoms with van der Waals surface area (Å²) in [4.78, 5) is 25.3. The van der Waals surface area contributed by atoms with E-state index >= 15 is 0 Å². The summed E-state index contributed by atoms with van der Waals surface area (Å²) in [5.74, 6) is -0.823. The van der Waals surface area contributed by atoms with Crippen molar-refractivity contribution in [1.29, 1.82) is 0 Å². The van der Waals surface area contributed by atoms with Crippen LogP contribution in [0.2, 0.25) is 0 Å². The average Bonchev–Trinajstić information content (AvgIpc) is 2.62. The number of para-hydroxylation sites is 1. The lowest BCUT2D eigenvalue weighted by molar-refractivity contribution is -0.138. The average molecular weight is 379 g/mol. The molecule has 2 aromatic rings. The molecular formula is C19H16F3NO4. The third kappa shape index (κ3) is 4.85. The summed E-state index contributed by atoms with van der Waals surface area (Å²) in [5, 5.41) is 0. The summed E-state index contributed by atoms with van der Waals surface area (Å²) >= 11 is 0. The number of benzene rings is 2. The van der Waals surface area contributed by atoms with E-state index < -0.39 is 23.6 Å². The topological polar surface area (TPSA) is 55.8 Å². The molecular weight excluding hydrogens is 363 g/mol.